The van der Waals surface area contributed by atoms with Gasteiger partial charge in [-0.15, -0.1) is 0 Å². The summed E-state index contributed by atoms with van der Waals surface area (Å²) in [4.78, 5) is 37.2. The molecule has 3 aromatic rings. The van der Waals surface area contributed by atoms with Gasteiger partial charge in [0.15, 0.2) is 6.61 Å². The number of ether oxygens (including phenoxy) is 1. The highest BCUT2D eigenvalue weighted by Gasteiger charge is 2.24. The van der Waals surface area contributed by atoms with Crippen LogP contribution in [0.2, 0.25) is 0 Å². The number of benzene rings is 2. The normalized spacial score (nSPS) is 12.8. The van der Waals surface area contributed by atoms with Crippen LogP contribution in [0.15, 0.2) is 54.6 Å². The van der Waals surface area contributed by atoms with Crippen molar-refractivity contribution in [2.75, 3.05) is 11.9 Å². The van der Waals surface area contributed by atoms with E-state index in [0.29, 0.717) is 16.8 Å². The average molecular weight is 446 g/mol. The Hall–Kier alpha value is -3.87. The Bertz CT molecular complexity index is 1220. The van der Waals surface area contributed by atoms with E-state index in [1.165, 1.54) is 0 Å². The van der Waals surface area contributed by atoms with E-state index in [1.54, 1.807) is 30.3 Å². The third kappa shape index (κ3) is 5.31. The fourth-order valence-corrected chi connectivity index (χ4v) is 3.77. The molecular weight excluding hydrogens is 418 g/mol. The molecule has 0 radical (unpaired) electrons. The van der Waals surface area contributed by atoms with Crippen molar-refractivity contribution >= 4 is 23.5 Å². The van der Waals surface area contributed by atoms with Crippen LogP contribution in [0.4, 0.5) is 5.69 Å². The van der Waals surface area contributed by atoms with Gasteiger partial charge in [0.05, 0.1) is 5.56 Å². The second-order valence-corrected chi connectivity index (χ2v) is 8.41. The zero-order valence-electron chi connectivity index (χ0n) is 19.0. The zero-order valence-corrected chi connectivity index (χ0v) is 19.0. The molecule has 33 heavy (non-hydrogen) atoms. The smallest absolute Gasteiger partial charge is 0.340 e. The Kier molecular flexibility index (Phi) is 6.31. The molecule has 7 nitrogen and oxygen atoms in total. The number of nitrogens with one attached hydrogen (secondary N) is 2. The molecule has 0 spiro atoms. The third-order valence-electron chi connectivity index (χ3n) is 5.57. The van der Waals surface area contributed by atoms with Crippen LogP contribution in [0, 0.1) is 20.8 Å². The fourth-order valence-electron chi connectivity index (χ4n) is 3.77. The molecule has 2 amide bonds. The molecule has 0 aliphatic heterocycles. The minimum absolute atomic E-state index is 0.163. The van der Waals surface area contributed by atoms with Gasteiger partial charge in [-0.3, -0.25) is 9.59 Å². The molecule has 1 saturated carbocycles. The van der Waals surface area contributed by atoms with Crippen molar-refractivity contribution in [2.45, 2.75) is 39.7 Å². The number of aromatic nitrogens is 1. The maximum Gasteiger partial charge on any atom is 0.340 e. The Morgan fingerprint density at radius 3 is 2.48 bits per heavy atom. The number of carbonyl (C=O) groups is 3. The van der Waals surface area contributed by atoms with Crippen molar-refractivity contribution in [3.8, 4) is 5.69 Å². The molecule has 1 aliphatic rings. The quantitative estimate of drug-likeness (QED) is 0.536. The summed E-state index contributed by atoms with van der Waals surface area (Å²) < 4.78 is 7.25. The first-order chi connectivity index (χ1) is 15.8. The summed E-state index contributed by atoms with van der Waals surface area (Å²) in [6, 6.07) is 16.7. The summed E-state index contributed by atoms with van der Waals surface area (Å²) in [5.41, 5.74) is 5.09. The van der Waals surface area contributed by atoms with Crippen LogP contribution in [0.5, 0.6) is 0 Å². The topological polar surface area (TPSA) is 89.4 Å². The second-order valence-electron chi connectivity index (χ2n) is 8.41. The molecule has 2 N–H and O–H groups in total. The fraction of sp³-hybridized carbons (Fsp3) is 0.269. The Balaban J connectivity index is 1.38. The summed E-state index contributed by atoms with van der Waals surface area (Å²) in [5, 5.41) is 5.59. The van der Waals surface area contributed by atoms with Crippen molar-refractivity contribution in [2.24, 2.45) is 0 Å². The minimum atomic E-state index is -0.560. The van der Waals surface area contributed by atoms with Crippen LogP contribution in [0.3, 0.4) is 0 Å². The largest absolute Gasteiger partial charge is 0.452 e. The van der Waals surface area contributed by atoms with Crippen LogP contribution in [0.25, 0.3) is 5.69 Å². The van der Waals surface area contributed by atoms with Gasteiger partial charge < -0.3 is 19.9 Å². The molecule has 170 valence electrons. The average Bonchev–Trinajstić information content (AvgIpc) is 3.54. The number of esters is 1. The number of aryl methyl sites for hydroxylation is 2. The van der Waals surface area contributed by atoms with E-state index in [9.17, 15) is 14.4 Å². The Morgan fingerprint density at radius 1 is 1.00 bits per heavy atom. The van der Waals surface area contributed by atoms with E-state index in [4.69, 9.17) is 4.74 Å². The van der Waals surface area contributed by atoms with E-state index in [-0.39, 0.29) is 11.9 Å². The lowest BCUT2D eigenvalue weighted by Gasteiger charge is -2.11. The number of hydrogen-bond donors (Lipinski definition) is 2. The van der Waals surface area contributed by atoms with Gasteiger partial charge in [0.2, 0.25) is 0 Å². The van der Waals surface area contributed by atoms with E-state index >= 15 is 0 Å². The van der Waals surface area contributed by atoms with Gasteiger partial charge in [-0.1, -0.05) is 18.2 Å². The van der Waals surface area contributed by atoms with E-state index < -0.39 is 18.5 Å². The summed E-state index contributed by atoms with van der Waals surface area (Å²) in [6.07, 6.45) is 2.00. The first-order valence-electron chi connectivity index (χ1n) is 11.0. The summed E-state index contributed by atoms with van der Waals surface area (Å²) >= 11 is 0. The number of amides is 2. The highest BCUT2D eigenvalue weighted by atomic mass is 16.5. The van der Waals surface area contributed by atoms with Crippen LogP contribution in [-0.4, -0.2) is 35.0 Å². The molecule has 4 rings (SSSR count). The lowest BCUT2D eigenvalue weighted by molar-refractivity contribution is -0.119. The molecule has 0 unspecified atom stereocenters. The van der Waals surface area contributed by atoms with Gasteiger partial charge in [0, 0.05) is 34.4 Å². The molecule has 7 heteroatoms. The monoisotopic (exact) mass is 445 g/mol. The number of rotatable bonds is 7. The van der Waals surface area contributed by atoms with Crippen molar-refractivity contribution < 1.29 is 19.1 Å². The Labute approximate surface area is 192 Å². The van der Waals surface area contributed by atoms with Crippen LogP contribution in [0.1, 0.15) is 50.5 Å². The molecule has 0 bridgehead atoms. The van der Waals surface area contributed by atoms with Crippen molar-refractivity contribution in [1.82, 2.24) is 9.88 Å². The van der Waals surface area contributed by atoms with E-state index in [2.05, 4.69) is 10.6 Å². The number of hydrogen-bond acceptors (Lipinski definition) is 4. The summed E-state index contributed by atoms with van der Waals surface area (Å²) in [6.45, 7) is 5.36. The van der Waals surface area contributed by atoms with Gasteiger partial charge in [-0.2, -0.15) is 0 Å². The molecule has 1 heterocycles. The predicted molar refractivity (Wildman–Crippen MR) is 126 cm³/mol. The standard InChI is InChI=1S/C26H27N3O4/c1-16-6-4-9-22(12-16)29-17(2)13-23(18(29)3)26(32)33-15-24(30)27-21-8-5-7-19(14-21)25(31)28-20-10-11-20/h4-9,12-14,20H,10-11,15H2,1-3H3,(H,27,30)(H,28,31). The van der Waals surface area contributed by atoms with Gasteiger partial charge in [0.1, 0.15) is 0 Å². The lowest BCUT2D eigenvalue weighted by atomic mass is 10.2. The van der Waals surface area contributed by atoms with Gasteiger partial charge >= 0.3 is 5.97 Å². The molecule has 2 aromatic carbocycles. The van der Waals surface area contributed by atoms with Gasteiger partial charge in [-0.25, -0.2) is 4.79 Å². The van der Waals surface area contributed by atoms with Crippen molar-refractivity contribution in [3.63, 3.8) is 0 Å². The molecule has 1 fully saturated rings. The maximum atomic E-state index is 12.7. The van der Waals surface area contributed by atoms with Crippen molar-refractivity contribution in [3.05, 3.63) is 82.7 Å². The lowest BCUT2D eigenvalue weighted by Crippen LogP contribution is -2.25. The summed E-state index contributed by atoms with van der Waals surface area (Å²) in [7, 11) is 0. The zero-order chi connectivity index (χ0) is 23.5. The molecule has 0 saturated heterocycles. The highest BCUT2D eigenvalue weighted by Crippen LogP contribution is 2.22. The van der Waals surface area contributed by atoms with Gasteiger partial charge in [-0.05, 0) is 75.6 Å². The molecule has 0 atom stereocenters. The van der Waals surface area contributed by atoms with Crippen LogP contribution >= 0.6 is 0 Å². The highest BCUT2D eigenvalue weighted by molar-refractivity contribution is 5.99. The predicted octanol–water partition coefficient (Wildman–Crippen LogP) is 4.09. The van der Waals surface area contributed by atoms with Gasteiger partial charge in [0.25, 0.3) is 11.8 Å². The number of carbonyl (C=O) groups excluding carboxylic acids is 3. The van der Waals surface area contributed by atoms with Crippen LogP contribution in [-0.2, 0) is 9.53 Å². The first-order valence-corrected chi connectivity index (χ1v) is 11.0. The van der Waals surface area contributed by atoms with Crippen LogP contribution < -0.4 is 10.6 Å². The van der Waals surface area contributed by atoms with E-state index in [1.807, 2.05) is 49.6 Å². The SMILES string of the molecule is Cc1cccc(-n2c(C)cc(C(=O)OCC(=O)Nc3cccc(C(=O)NC4CC4)c3)c2C)c1. The van der Waals surface area contributed by atoms with Crippen molar-refractivity contribution in [1.29, 1.82) is 0 Å². The molecule has 1 aliphatic carbocycles. The second kappa shape index (κ2) is 9.32. The summed E-state index contributed by atoms with van der Waals surface area (Å²) in [5.74, 6) is -1.20. The third-order valence-corrected chi connectivity index (χ3v) is 5.57. The first kappa shape index (κ1) is 22.3. The molecular formula is C26H27N3O4. The maximum absolute atomic E-state index is 12.7. The number of anilines is 1. The Morgan fingerprint density at radius 2 is 1.76 bits per heavy atom. The van der Waals surface area contributed by atoms with E-state index in [0.717, 1.165) is 35.5 Å². The molecule has 1 aromatic heterocycles. The number of nitrogens with zero attached hydrogens (tertiary/aromatic N) is 1. The minimum Gasteiger partial charge on any atom is -0.452 e.